The third-order valence-electron chi connectivity index (χ3n) is 3.76. The molecule has 0 atom stereocenters. The predicted molar refractivity (Wildman–Crippen MR) is 92.9 cm³/mol. The Labute approximate surface area is 134 Å². The van der Waals surface area contributed by atoms with Crippen LogP contribution < -0.4 is 5.32 Å². The molecule has 2 aromatic carbocycles. The summed E-state index contributed by atoms with van der Waals surface area (Å²) < 4.78 is 2.03. The minimum atomic E-state index is 0.821. The van der Waals surface area contributed by atoms with Crippen molar-refractivity contribution in [3.8, 4) is 11.3 Å². The van der Waals surface area contributed by atoms with E-state index in [1.807, 2.05) is 34.9 Å². The molecule has 0 aliphatic heterocycles. The third-order valence-corrected chi connectivity index (χ3v) is 3.76. The first-order valence-corrected chi connectivity index (χ1v) is 7.52. The number of hydrogen-bond acceptors (Lipinski definition) is 3. The highest BCUT2D eigenvalue weighted by atomic mass is 15.1. The first kappa shape index (κ1) is 13.5. The molecule has 0 amide bonds. The van der Waals surface area contributed by atoms with Gasteiger partial charge in [-0.1, -0.05) is 42.5 Å². The van der Waals surface area contributed by atoms with Crippen LogP contribution in [0.15, 0.2) is 73.2 Å². The summed E-state index contributed by atoms with van der Waals surface area (Å²) in [5, 5.41) is 3.51. The number of fused-ring (bicyclic) bond motifs is 1. The van der Waals surface area contributed by atoms with Crippen LogP contribution in [0.3, 0.4) is 0 Å². The number of imidazole rings is 1. The van der Waals surface area contributed by atoms with Gasteiger partial charge in [-0.05, 0) is 24.6 Å². The smallest absolute Gasteiger partial charge is 0.157 e. The van der Waals surface area contributed by atoms with Gasteiger partial charge in [-0.2, -0.15) is 0 Å². The number of hydrogen-bond donors (Lipinski definition) is 1. The number of rotatable bonds is 3. The van der Waals surface area contributed by atoms with Crippen LogP contribution in [0.5, 0.6) is 0 Å². The molecule has 2 heterocycles. The SMILES string of the molecule is Cc1cccc(Nc2c(-c3ccccc3)nc3cnccn23)c1. The number of aromatic nitrogens is 3. The Balaban J connectivity index is 1.89. The van der Waals surface area contributed by atoms with Gasteiger partial charge in [-0.3, -0.25) is 9.38 Å². The van der Waals surface area contributed by atoms with E-state index in [9.17, 15) is 0 Å². The second-order valence-electron chi connectivity index (χ2n) is 5.47. The largest absolute Gasteiger partial charge is 0.339 e. The van der Waals surface area contributed by atoms with Crippen molar-refractivity contribution in [1.29, 1.82) is 0 Å². The molecule has 112 valence electrons. The molecule has 0 fully saturated rings. The number of nitrogens with zero attached hydrogens (tertiary/aromatic N) is 3. The second-order valence-corrected chi connectivity index (χ2v) is 5.47. The number of anilines is 2. The Morgan fingerprint density at radius 2 is 1.87 bits per heavy atom. The second kappa shape index (κ2) is 5.57. The molecular formula is C19H16N4. The highest BCUT2D eigenvalue weighted by molar-refractivity contribution is 5.79. The van der Waals surface area contributed by atoms with E-state index in [-0.39, 0.29) is 0 Å². The van der Waals surface area contributed by atoms with Crippen molar-refractivity contribution in [2.24, 2.45) is 0 Å². The van der Waals surface area contributed by atoms with E-state index in [2.05, 4.69) is 47.6 Å². The maximum Gasteiger partial charge on any atom is 0.157 e. The highest BCUT2D eigenvalue weighted by Crippen LogP contribution is 2.30. The Kier molecular flexibility index (Phi) is 3.27. The first-order chi connectivity index (χ1) is 11.3. The Hall–Kier alpha value is -3.14. The maximum absolute atomic E-state index is 4.74. The van der Waals surface area contributed by atoms with Crippen molar-refractivity contribution in [1.82, 2.24) is 14.4 Å². The lowest BCUT2D eigenvalue weighted by Gasteiger charge is -2.09. The van der Waals surface area contributed by atoms with Gasteiger partial charge in [0.1, 0.15) is 11.5 Å². The number of aryl methyl sites for hydroxylation is 1. The molecule has 0 radical (unpaired) electrons. The van der Waals surface area contributed by atoms with Gasteiger partial charge in [0.15, 0.2) is 5.65 Å². The summed E-state index contributed by atoms with van der Waals surface area (Å²) >= 11 is 0. The lowest BCUT2D eigenvalue weighted by atomic mass is 10.1. The Morgan fingerprint density at radius 3 is 2.70 bits per heavy atom. The summed E-state index contributed by atoms with van der Waals surface area (Å²) in [6, 6.07) is 18.5. The zero-order valence-corrected chi connectivity index (χ0v) is 12.8. The van der Waals surface area contributed by atoms with Gasteiger partial charge in [-0.25, -0.2) is 4.98 Å². The van der Waals surface area contributed by atoms with E-state index in [1.54, 1.807) is 12.4 Å². The summed E-state index contributed by atoms with van der Waals surface area (Å²) in [6.07, 6.45) is 5.46. The molecular weight excluding hydrogens is 284 g/mol. The first-order valence-electron chi connectivity index (χ1n) is 7.52. The molecule has 4 rings (SSSR count). The van der Waals surface area contributed by atoms with Crippen LogP contribution in [0.1, 0.15) is 5.56 Å². The van der Waals surface area contributed by atoms with Crippen LogP contribution >= 0.6 is 0 Å². The normalized spacial score (nSPS) is 10.8. The molecule has 0 saturated carbocycles. The molecule has 4 aromatic rings. The molecule has 4 heteroatoms. The fourth-order valence-corrected chi connectivity index (χ4v) is 2.68. The van der Waals surface area contributed by atoms with Gasteiger partial charge >= 0.3 is 0 Å². The lowest BCUT2D eigenvalue weighted by Crippen LogP contribution is -1.97. The topological polar surface area (TPSA) is 42.2 Å². The molecule has 2 aromatic heterocycles. The zero-order valence-electron chi connectivity index (χ0n) is 12.8. The fourth-order valence-electron chi connectivity index (χ4n) is 2.68. The van der Waals surface area contributed by atoms with Crippen molar-refractivity contribution in [3.63, 3.8) is 0 Å². The molecule has 23 heavy (non-hydrogen) atoms. The van der Waals surface area contributed by atoms with Crippen LogP contribution in [0, 0.1) is 6.92 Å². The molecule has 0 aliphatic carbocycles. The van der Waals surface area contributed by atoms with Gasteiger partial charge in [0.05, 0.1) is 6.20 Å². The highest BCUT2D eigenvalue weighted by Gasteiger charge is 2.14. The molecule has 0 bridgehead atoms. The average Bonchev–Trinajstić information content (AvgIpc) is 2.95. The van der Waals surface area contributed by atoms with Crippen LogP contribution in [-0.4, -0.2) is 14.4 Å². The van der Waals surface area contributed by atoms with Crippen molar-refractivity contribution in [2.45, 2.75) is 6.92 Å². The van der Waals surface area contributed by atoms with Crippen LogP contribution in [0.2, 0.25) is 0 Å². The summed E-state index contributed by atoms with van der Waals surface area (Å²) in [7, 11) is 0. The standard InChI is InChI=1S/C19H16N4/c1-14-6-5-9-16(12-14)21-19-18(15-7-3-2-4-8-15)22-17-13-20-10-11-23(17)19/h2-13,21H,1H3. The van der Waals surface area contributed by atoms with E-state index in [0.717, 1.165) is 28.4 Å². The third kappa shape index (κ3) is 2.55. The Morgan fingerprint density at radius 1 is 1.00 bits per heavy atom. The van der Waals surface area contributed by atoms with Gasteiger partial charge in [0, 0.05) is 23.6 Å². The van der Waals surface area contributed by atoms with Crippen molar-refractivity contribution in [3.05, 3.63) is 78.8 Å². The van der Waals surface area contributed by atoms with Gasteiger partial charge in [-0.15, -0.1) is 0 Å². The summed E-state index contributed by atoms with van der Waals surface area (Å²) in [5.74, 6) is 0.944. The fraction of sp³-hybridized carbons (Fsp3) is 0.0526. The molecule has 0 unspecified atom stereocenters. The number of nitrogens with one attached hydrogen (secondary N) is 1. The molecule has 0 saturated heterocycles. The summed E-state index contributed by atoms with van der Waals surface area (Å²) in [4.78, 5) is 8.91. The lowest BCUT2D eigenvalue weighted by molar-refractivity contribution is 1.13. The Bertz CT molecular complexity index is 957. The van der Waals surface area contributed by atoms with Crippen LogP contribution in [0.4, 0.5) is 11.5 Å². The van der Waals surface area contributed by atoms with Crippen molar-refractivity contribution >= 4 is 17.2 Å². The van der Waals surface area contributed by atoms with Crippen molar-refractivity contribution < 1.29 is 0 Å². The van der Waals surface area contributed by atoms with E-state index in [0.29, 0.717) is 0 Å². The van der Waals surface area contributed by atoms with E-state index < -0.39 is 0 Å². The number of benzene rings is 2. The van der Waals surface area contributed by atoms with Gasteiger partial charge < -0.3 is 5.32 Å². The van der Waals surface area contributed by atoms with E-state index in [1.165, 1.54) is 5.56 Å². The minimum Gasteiger partial charge on any atom is -0.339 e. The monoisotopic (exact) mass is 300 g/mol. The summed E-state index contributed by atoms with van der Waals surface area (Å²) in [6.45, 7) is 2.09. The predicted octanol–water partition coefficient (Wildman–Crippen LogP) is 4.45. The zero-order chi connectivity index (χ0) is 15.6. The molecule has 4 nitrogen and oxygen atoms in total. The molecule has 0 spiro atoms. The summed E-state index contributed by atoms with van der Waals surface area (Å²) in [5.41, 5.74) is 5.07. The van der Waals surface area contributed by atoms with Crippen LogP contribution in [-0.2, 0) is 0 Å². The van der Waals surface area contributed by atoms with E-state index in [4.69, 9.17) is 4.98 Å². The minimum absolute atomic E-state index is 0.821. The molecule has 0 aliphatic rings. The molecule has 1 N–H and O–H groups in total. The van der Waals surface area contributed by atoms with Crippen molar-refractivity contribution in [2.75, 3.05) is 5.32 Å². The van der Waals surface area contributed by atoms with Crippen LogP contribution in [0.25, 0.3) is 16.9 Å². The van der Waals surface area contributed by atoms with E-state index >= 15 is 0 Å². The quantitative estimate of drug-likeness (QED) is 0.608. The van der Waals surface area contributed by atoms with Gasteiger partial charge in [0.25, 0.3) is 0 Å². The maximum atomic E-state index is 4.74. The van der Waals surface area contributed by atoms with Gasteiger partial charge in [0.2, 0.25) is 0 Å². The average molecular weight is 300 g/mol.